The molecule has 0 bridgehead atoms. The number of benzene rings is 1. The number of alkyl carbamates (subject to hydrolysis) is 1. The Hall–Kier alpha value is -2.10. The van der Waals surface area contributed by atoms with Crippen LogP contribution in [0.15, 0.2) is 30.3 Å². The number of piperidine rings is 2. The molecule has 1 spiro atoms. The Labute approximate surface area is 205 Å². The standard InChI is InChI=1S/C28H42N4O2/c1-25(2,31-18-13-27(12-17-29,14-19-31)23-8-6-5-7-9-23)10-11-26(3,4)32-20-15-28(16-21-32)22-30-24(33)34-28/h5-9H,10-16,18-22H2,1-4H3,(H,30,33). The van der Waals surface area contributed by atoms with Crippen molar-refractivity contribution in [2.45, 2.75) is 94.7 Å². The Morgan fingerprint density at radius 2 is 1.47 bits per heavy atom. The monoisotopic (exact) mass is 466 g/mol. The Bertz CT molecular complexity index is 889. The lowest BCUT2D eigenvalue weighted by Gasteiger charge is -2.50. The van der Waals surface area contributed by atoms with Gasteiger partial charge in [0, 0.05) is 48.8 Å². The number of ether oxygens (including phenoxy) is 1. The molecule has 3 aliphatic heterocycles. The third-order valence-corrected chi connectivity index (χ3v) is 9.12. The molecule has 0 aromatic heterocycles. The van der Waals surface area contributed by atoms with Crippen molar-refractivity contribution in [3.63, 3.8) is 0 Å². The molecular weight excluding hydrogens is 424 g/mol. The summed E-state index contributed by atoms with van der Waals surface area (Å²) < 4.78 is 5.61. The van der Waals surface area contributed by atoms with Gasteiger partial charge in [0.05, 0.1) is 12.6 Å². The molecule has 0 atom stereocenters. The molecular formula is C28H42N4O2. The van der Waals surface area contributed by atoms with Crippen LogP contribution >= 0.6 is 0 Å². The van der Waals surface area contributed by atoms with Crippen LogP contribution in [0.2, 0.25) is 0 Å². The van der Waals surface area contributed by atoms with E-state index in [2.05, 4.69) is 79.2 Å². The van der Waals surface area contributed by atoms with Crippen molar-refractivity contribution in [1.29, 1.82) is 5.26 Å². The van der Waals surface area contributed by atoms with Gasteiger partial charge in [-0.25, -0.2) is 4.79 Å². The predicted molar refractivity (Wildman–Crippen MR) is 135 cm³/mol. The number of carbonyl (C=O) groups is 1. The summed E-state index contributed by atoms with van der Waals surface area (Å²) in [5.41, 5.74) is 1.25. The lowest BCUT2D eigenvalue weighted by Crippen LogP contribution is -2.55. The van der Waals surface area contributed by atoms with Crippen molar-refractivity contribution in [3.8, 4) is 6.07 Å². The summed E-state index contributed by atoms with van der Waals surface area (Å²) in [6.07, 6.45) is 6.49. The van der Waals surface area contributed by atoms with E-state index in [0.717, 1.165) is 64.7 Å². The van der Waals surface area contributed by atoms with Crippen LogP contribution in [0.3, 0.4) is 0 Å². The molecule has 1 aromatic carbocycles. The third-order valence-electron chi connectivity index (χ3n) is 9.12. The van der Waals surface area contributed by atoms with Crippen LogP contribution in [0.1, 0.15) is 78.2 Å². The predicted octanol–water partition coefficient (Wildman–Crippen LogP) is 4.85. The van der Waals surface area contributed by atoms with Gasteiger partial charge >= 0.3 is 6.09 Å². The number of rotatable bonds is 7. The molecule has 6 nitrogen and oxygen atoms in total. The first-order valence-corrected chi connectivity index (χ1v) is 13.0. The maximum Gasteiger partial charge on any atom is 0.407 e. The topological polar surface area (TPSA) is 68.6 Å². The van der Waals surface area contributed by atoms with Gasteiger partial charge in [0.2, 0.25) is 0 Å². The van der Waals surface area contributed by atoms with Crippen LogP contribution in [-0.4, -0.2) is 65.3 Å². The van der Waals surface area contributed by atoms with E-state index in [1.807, 2.05) is 0 Å². The van der Waals surface area contributed by atoms with Gasteiger partial charge in [-0.2, -0.15) is 5.26 Å². The molecule has 4 rings (SSSR count). The molecule has 1 amide bonds. The highest BCUT2D eigenvalue weighted by atomic mass is 16.6. The molecule has 6 heteroatoms. The first-order chi connectivity index (χ1) is 16.1. The van der Waals surface area contributed by atoms with E-state index in [1.165, 1.54) is 5.56 Å². The summed E-state index contributed by atoms with van der Waals surface area (Å²) in [7, 11) is 0. The van der Waals surface area contributed by atoms with Crippen LogP contribution in [-0.2, 0) is 10.2 Å². The Morgan fingerprint density at radius 1 is 0.941 bits per heavy atom. The van der Waals surface area contributed by atoms with E-state index in [9.17, 15) is 10.1 Å². The Kier molecular flexibility index (Phi) is 6.99. The molecule has 3 aliphatic rings. The number of hydrogen-bond donors (Lipinski definition) is 1. The number of nitrogens with one attached hydrogen (secondary N) is 1. The van der Waals surface area contributed by atoms with Gasteiger partial charge in [0.15, 0.2) is 0 Å². The third kappa shape index (κ3) is 5.11. The minimum atomic E-state index is -0.286. The van der Waals surface area contributed by atoms with Crippen molar-refractivity contribution in [2.75, 3.05) is 32.7 Å². The highest BCUT2D eigenvalue weighted by molar-refractivity contribution is 5.70. The van der Waals surface area contributed by atoms with Crippen molar-refractivity contribution < 1.29 is 9.53 Å². The quantitative estimate of drug-likeness (QED) is 0.622. The van der Waals surface area contributed by atoms with Gasteiger partial charge in [-0.3, -0.25) is 9.80 Å². The number of nitrogens with zero attached hydrogens (tertiary/aromatic N) is 3. The highest BCUT2D eigenvalue weighted by Gasteiger charge is 2.45. The van der Waals surface area contributed by atoms with E-state index >= 15 is 0 Å². The summed E-state index contributed by atoms with van der Waals surface area (Å²) in [4.78, 5) is 16.8. The smallest absolute Gasteiger partial charge is 0.407 e. The highest BCUT2D eigenvalue weighted by Crippen LogP contribution is 2.41. The van der Waals surface area contributed by atoms with E-state index < -0.39 is 0 Å². The minimum Gasteiger partial charge on any atom is -0.441 e. The molecule has 0 saturated carbocycles. The average Bonchev–Trinajstić information content (AvgIpc) is 3.19. The summed E-state index contributed by atoms with van der Waals surface area (Å²) in [6, 6.07) is 13.1. The van der Waals surface area contributed by atoms with Crippen LogP contribution in [0, 0.1) is 11.3 Å². The zero-order valence-corrected chi connectivity index (χ0v) is 21.5. The molecule has 1 N–H and O–H groups in total. The number of amides is 1. The van der Waals surface area contributed by atoms with E-state index in [1.54, 1.807) is 0 Å². The zero-order valence-electron chi connectivity index (χ0n) is 21.5. The van der Waals surface area contributed by atoms with Crippen LogP contribution in [0.5, 0.6) is 0 Å². The van der Waals surface area contributed by atoms with E-state index in [-0.39, 0.29) is 28.2 Å². The molecule has 0 radical (unpaired) electrons. The molecule has 34 heavy (non-hydrogen) atoms. The van der Waals surface area contributed by atoms with Gasteiger partial charge in [0.25, 0.3) is 0 Å². The number of hydrogen-bond acceptors (Lipinski definition) is 5. The number of nitriles is 1. The fourth-order valence-corrected chi connectivity index (χ4v) is 6.28. The summed E-state index contributed by atoms with van der Waals surface area (Å²) in [6.45, 7) is 14.2. The van der Waals surface area contributed by atoms with Gasteiger partial charge in [-0.1, -0.05) is 30.3 Å². The SMILES string of the molecule is CC(C)(CCC(C)(C)N1CCC(CC#N)(c2ccccc2)CC1)N1CCC2(CC1)CNC(=O)O2. The Balaban J connectivity index is 1.32. The first kappa shape index (κ1) is 25.0. The Morgan fingerprint density at radius 3 is 1.94 bits per heavy atom. The maximum atomic E-state index is 11.5. The largest absolute Gasteiger partial charge is 0.441 e. The number of likely N-dealkylation sites (tertiary alicyclic amines) is 2. The fourth-order valence-electron chi connectivity index (χ4n) is 6.28. The van der Waals surface area contributed by atoms with Crippen molar-refractivity contribution >= 4 is 6.09 Å². The lowest BCUT2D eigenvalue weighted by molar-refractivity contribution is -0.0321. The number of carbonyl (C=O) groups excluding carboxylic acids is 1. The van der Waals surface area contributed by atoms with Gasteiger partial charge in [0.1, 0.15) is 5.60 Å². The van der Waals surface area contributed by atoms with Crippen molar-refractivity contribution in [3.05, 3.63) is 35.9 Å². The molecule has 0 aliphatic carbocycles. The normalized spacial score (nSPS) is 23.3. The fraction of sp³-hybridized carbons (Fsp3) is 0.714. The van der Waals surface area contributed by atoms with Gasteiger partial charge < -0.3 is 10.1 Å². The second-order valence-electron chi connectivity index (χ2n) is 12.0. The molecule has 3 saturated heterocycles. The molecule has 3 heterocycles. The van der Waals surface area contributed by atoms with Crippen LogP contribution < -0.4 is 5.32 Å². The second kappa shape index (κ2) is 9.51. The molecule has 186 valence electrons. The lowest BCUT2D eigenvalue weighted by atomic mass is 9.70. The second-order valence-corrected chi connectivity index (χ2v) is 12.0. The maximum absolute atomic E-state index is 11.5. The molecule has 3 fully saturated rings. The summed E-state index contributed by atoms with van der Waals surface area (Å²) in [5.74, 6) is 0. The van der Waals surface area contributed by atoms with E-state index in [0.29, 0.717) is 13.0 Å². The molecule has 0 unspecified atom stereocenters. The molecule has 1 aromatic rings. The van der Waals surface area contributed by atoms with Gasteiger partial charge in [-0.15, -0.1) is 0 Å². The summed E-state index contributed by atoms with van der Waals surface area (Å²) >= 11 is 0. The van der Waals surface area contributed by atoms with Gasteiger partial charge in [-0.05, 0) is 72.0 Å². The van der Waals surface area contributed by atoms with Crippen LogP contribution in [0.25, 0.3) is 0 Å². The average molecular weight is 467 g/mol. The summed E-state index contributed by atoms with van der Waals surface area (Å²) in [5, 5.41) is 12.4. The minimum absolute atomic E-state index is 0.00975. The van der Waals surface area contributed by atoms with Crippen LogP contribution in [0.4, 0.5) is 4.79 Å². The zero-order chi connectivity index (χ0) is 24.5. The van der Waals surface area contributed by atoms with Crippen molar-refractivity contribution in [1.82, 2.24) is 15.1 Å². The van der Waals surface area contributed by atoms with E-state index in [4.69, 9.17) is 4.74 Å². The van der Waals surface area contributed by atoms with Crippen molar-refractivity contribution in [2.24, 2.45) is 0 Å². The first-order valence-electron chi connectivity index (χ1n) is 13.0.